The number of nitrogens with one attached hydrogen (secondary N) is 1. The number of likely N-dealkylation sites (N-methyl/N-ethyl adjacent to an activating group) is 1. The molecule has 0 saturated heterocycles. The summed E-state index contributed by atoms with van der Waals surface area (Å²) in [5.41, 5.74) is 7.02. The Morgan fingerprint density at radius 3 is 2.33 bits per heavy atom. The SMILES string of the molecule is CC(CN(C)Cc1ccccc1)NC(=O)C(C)C(C)N.Cl. The van der Waals surface area contributed by atoms with E-state index in [-0.39, 0.29) is 36.3 Å². The Bertz CT molecular complexity index is 411. The topological polar surface area (TPSA) is 58.4 Å². The van der Waals surface area contributed by atoms with Crippen LogP contribution in [-0.2, 0) is 11.3 Å². The highest BCUT2D eigenvalue weighted by atomic mass is 35.5. The molecule has 0 saturated carbocycles. The van der Waals surface area contributed by atoms with Crippen molar-refractivity contribution in [2.24, 2.45) is 11.7 Å². The minimum Gasteiger partial charge on any atom is -0.352 e. The molecule has 3 atom stereocenters. The molecular weight excluding hydrogens is 286 g/mol. The summed E-state index contributed by atoms with van der Waals surface area (Å²) in [6.07, 6.45) is 0. The van der Waals surface area contributed by atoms with Gasteiger partial charge in [-0.2, -0.15) is 0 Å². The van der Waals surface area contributed by atoms with Gasteiger partial charge in [-0.05, 0) is 26.5 Å². The fraction of sp³-hybridized carbons (Fsp3) is 0.562. The van der Waals surface area contributed by atoms with Gasteiger partial charge in [0.1, 0.15) is 0 Å². The highest BCUT2D eigenvalue weighted by molar-refractivity contribution is 5.85. The summed E-state index contributed by atoms with van der Waals surface area (Å²) in [5, 5.41) is 3.02. The van der Waals surface area contributed by atoms with Gasteiger partial charge in [0, 0.05) is 31.1 Å². The molecule has 3 N–H and O–H groups in total. The number of halogens is 1. The van der Waals surface area contributed by atoms with Crippen LogP contribution in [-0.4, -0.2) is 36.5 Å². The van der Waals surface area contributed by atoms with Gasteiger partial charge in [-0.1, -0.05) is 37.3 Å². The summed E-state index contributed by atoms with van der Waals surface area (Å²) in [7, 11) is 2.06. The molecule has 0 aromatic heterocycles. The summed E-state index contributed by atoms with van der Waals surface area (Å²) in [6.45, 7) is 7.43. The third-order valence-corrected chi connectivity index (χ3v) is 3.47. The van der Waals surface area contributed by atoms with Gasteiger partial charge in [-0.3, -0.25) is 4.79 Å². The Labute approximate surface area is 134 Å². The maximum absolute atomic E-state index is 11.9. The second kappa shape index (κ2) is 9.77. The molecule has 0 aliphatic heterocycles. The standard InChI is InChI=1S/C16H27N3O.ClH/c1-12(18-16(20)13(2)14(3)17)10-19(4)11-15-8-6-5-7-9-15;/h5-9,12-14H,10-11,17H2,1-4H3,(H,18,20);1H. The second-order valence-corrected chi connectivity index (χ2v) is 5.74. The first-order valence-corrected chi connectivity index (χ1v) is 7.18. The van der Waals surface area contributed by atoms with Crippen molar-refractivity contribution in [3.05, 3.63) is 35.9 Å². The molecule has 0 heterocycles. The van der Waals surface area contributed by atoms with Crippen LogP contribution < -0.4 is 11.1 Å². The average Bonchev–Trinajstić information content (AvgIpc) is 2.38. The molecule has 1 aromatic carbocycles. The van der Waals surface area contributed by atoms with Crippen LogP contribution in [0.4, 0.5) is 0 Å². The predicted molar refractivity (Wildman–Crippen MR) is 90.4 cm³/mol. The lowest BCUT2D eigenvalue weighted by Gasteiger charge is -2.24. The molecular formula is C16H28ClN3O. The van der Waals surface area contributed by atoms with E-state index in [0.29, 0.717) is 0 Å². The molecule has 4 nitrogen and oxygen atoms in total. The molecule has 1 aromatic rings. The quantitative estimate of drug-likeness (QED) is 0.810. The van der Waals surface area contributed by atoms with Gasteiger partial charge >= 0.3 is 0 Å². The van der Waals surface area contributed by atoms with Crippen LogP contribution in [0.25, 0.3) is 0 Å². The summed E-state index contributed by atoms with van der Waals surface area (Å²) in [5.74, 6) is -0.127. The van der Waals surface area contributed by atoms with Crippen LogP contribution in [0.5, 0.6) is 0 Å². The van der Waals surface area contributed by atoms with E-state index in [4.69, 9.17) is 5.73 Å². The Hall–Kier alpha value is -1.10. The van der Waals surface area contributed by atoms with Crippen molar-refractivity contribution in [1.29, 1.82) is 0 Å². The first-order valence-electron chi connectivity index (χ1n) is 7.18. The zero-order valence-corrected chi connectivity index (χ0v) is 14.2. The predicted octanol–water partition coefficient (Wildman–Crippen LogP) is 2.03. The number of carbonyl (C=O) groups is 1. The lowest BCUT2D eigenvalue weighted by Crippen LogP contribution is -2.45. The smallest absolute Gasteiger partial charge is 0.224 e. The molecule has 0 radical (unpaired) electrons. The highest BCUT2D eigenvalue weighted by Gasteiger charge is 2.19. The third kappa shape index (κ3) is 7.46. The number of rotatable bonds is 7. The normalized spacial score (nSPS) is 15.0. The zero-order chi connectivity index (χ0) is 15.1. The van der Waals surface area contributed by atoms with Crippen molar-refractivity contribution < 1.29 is 4.79 Å². The van der Waals surface area contributed by atoms with E-state index in [0.717, 1.165) is 13.1 Å². The van der Waals surface area contributed by atoms with Gasteiger partial charge in [0.15, 0.2) is 0 Å². The van der Waals surface area contributed by atoms with E-state index in [2.05, 4.69) is 29.4 Å². The molecule has 0 aliphatic carbocycles. The van der Waals surface area contributed by atoms with Crippen molar-refractivity contribution in [1.82, 2.24) is 10.2 Å². The Balaban J connectivity index is 0.00000400. The summed E-state index contributed by atoms with van der Waals surface area (Å²) in [4.78, 5) is 14.1. The molecule has 0 bridgehead atoms. The molecule has 1 amide bonds. The number of hydrogen-bond acceptors (Lipinski definition) is 3. The number of carbonyl (C=O) groups excluding carboxylic acids is 1. The van der Waals surface area contributed by atoms with Gasteiger partial charge in [0.2, 0.25) is 5.91 Å². The molecule has 21 heavy (non-hydrogen) atoms. The van der Waals surface area contributed by atoms with E-state index in [1.165, 1.54) is 5.56 Å². The Morgan fingerprint density at radius 1 is 1.24 bits per heavy atom. The van der Waals surface area contributed by atoms with E-state index in [1.54, 1.807) is 0 Å². The van der Waals surface area contributed by atoms with Gasteiger partial charge in [0.25, 0.3) is 0 Å². The van der Waals surface area contributed by atoms with Crippen LogP contribution in [0.1, 0.15) is 26.3 Å². The molecule has 1 rings (SSSR count). The Morgan fingerprint density at radius 2 is 1.81 bits per heavy atom. The molecule has 3 unspecified atom stereocenters. The van der Waals surface area contributed by atoms with Crippen LogP contribution in [0.3, 0.4) is 0 Å². The van der Waals surface area contributed by atoms with E-state index in [9.17, 15) is 4.79 Å². The minimum absolute atomic E-state index is 0. The minimum atomic E-state index is -0.156. The van der Waals surface area contributed by atoms with Gasteiger partial charge < -0.3 is 16.0 Å². The fourth-order valence-electron chi connectivity index (χ4n) is 2.09. The van der Waals surface area contributed by atoms with Crippen molar-refractivity contribution in [2.75, 3.05) is 13.6 Å². The van der Waals surface area contributed by atoms with Gasteiger partial charge in [-0.25, -0.2) is 0 Å². The van der Waals surface area contributed by atoms with Crippen LogP contribution in [0.15, 0.2) is 30.3 Å². The van der Waals surface area contributed by atoms with Crippen LogP contribution >= 0.6 is 12.4 Å². The third-order valence-electron chi connectivity index (χ3n) is 3.47. The van der Waals surface area contributed by atoms with E-state index < -0.39 is 0 Å². The van der Waals surface area contributed by atoms with Gasteiger partial charge in [0.05, 0.1) is 0 Å². The van der Waals surface area contributed by atoms with Crippen molar-refractivity contribution in [3.63, 3.8) is 0 Å². The average molecular weight is 314 g/mol. The second-order valence-electron chi connectivity index (χ2n) is 5.74. The van der Waals surface area contributed by atoms with Gasteiger partial charge in [-0.15, -0.1) is 12.4 Å². The number of hydrogen-bond donors (Lipinski definition) is 2. The van der Waals surface area contributed by atoms with E-state index in [1.807, 2.05) is 39.0 Å². The highest BCUT2D eigenvalue weighted by Crippen LogP contribution is 2.04. The van der Waals surface area contributed by atoms with Crippen LogP contribution in [0.2, 0.25) is 0 Å². The van der Waals surface area contributed by atoms with Crippen LogP contribution in [0, 0.1) is 5.92 Å². The number of nitrogens with zero attached hydrogens (tertiary/aromatic N) is 1. The summed E-state index contributed by atoms with van der Waals surface area (Å²) >= 11 is 0. The fourth-order valence-corrected chi connectivity index (χ4v) is 2.09. The molecule has 0 spiro atoms. The molecule has 0 aliphatic rings. The maximum Gasteiger partial charge on any atom is 0.224 e. The first kappa shape index (κ1) is 19.9. The summed E-state index contributed by atoms with van der Waals surface area (Å²) < 4.78 is 0. The Kier molecular flexibility index (Phi) is 9.26. The number of nitrogens with two attached hydrogens (primary N) is 1. The van der Waals surface area contributed by atoms with E-state index >= 15 is 0 Å². The monoisotopic (exact) mass is 313 g/mol. The van der Waals surface area contributed by atoms with Crippen molar-refractivity contribution in [3.8, 4) is 0 Å². The zero-order valence-electron chi connectivity index (χ0n) is 13.4. The molecule has 0 fully saturated rings. The lowest BCUT2D eigenvalue weighted by molar-refractivity contribution is -0.125. The first-order chi connectivity index (χ1) is 9.40. The number of amides is 1. The van der Waals surface area contributed by atoms with Crippen molar-refractivity contribution >= 4 is 18.3 Å². The number of benzene rings is 1. The molecule has 120 valence electrons. The van der Waals surface area contributed by atoms with Crippen molar-refractivity contribution in [2.45, 2.75) is 39.4 Å². The lowest BCUT2D eigenvalue weighted by atomic mass is 10.0. The molecule has 5 heteroatoms. The summed E-state index contributed by atoms with van der Waals surface area (Å²) in [6, 6.07) is 10.3. The maximum atomic E-state index is 11.9. The largest absolute Gasteiger partial charge is 0.352 e.